The molecular formula is C15H20N4O2. The van der Waals surface area contributed by atoms with Crippen LogP contribution in [0.1, 0.15) is 31.7 Å². The lowest BCUT2D eigenvalue weighted by atomic mass is 10.1. The van der Waals surface area contributed by atoms with E-state index in [4.69, 9.17) is 5.26 Å². The second-order valence-corrected chi connectivity index (χ2v) is 5.40. The fraction of sp³-hybridized carbons (Fsp3) is 0.533. The number of rotatable bonds is 5. The Bertz CT molecular complexity index is 547. The molecule has 0 bridgehead atoms. The minimum atomic E-state index is -0.494. The minimum Gasteiger partial charge on any atom is -0.378 e. The van der Waals surface area contributed by atoms with Gasteiger partial charge < -0.3 is 5.32 Å². The van der Waals surface area contributed by atoms with E-state index in [1.54, 1.807) is 12.1 Å². The van der Waals surface area contributed by atoms with E-state index in [2.05, 4.69) is 17.1 Å². The van der Waals surface area contributed by atoms with Crippen LogP contribution in [0.4, 0.5) is 11.4 Å². The van der Waals surface area contributed by atoms with Gasteiger partial charge in [0.05, 0.1) is 4.92 Å². The monoisotopic (exact) mass is 288 g/mol. The van der Waals surface area contributed by atoms with Gasteiger partial charge in [-0.15, -0.1) is 0 Å². The van der Waals surface area contributed by atoms with Crippen LogP contribution in [0.25, 0.3) is 0 Å². The van der Waals surface area contributed by atoms with Crippen molar-refractivity contribution in [2.75, 3.05) is 25.0 Å². The molecule has 1 aliphatic heterocycles. The van der Waals surface area contributed by atoms with E-state index in [-0.39, 0.29) is 11.3 Å². The van der Waals surface area contributed by atoms with E-state index in [1.165, 1.54) is 25.3 Å². The summed E-state index contributed by atoms with van der Waals surface area (Å²) in [5.41, 5.74) is 0.379. The summed E-state index contributed by atoms with van der Waals surface area (Å²) in [6, 6.07) is 6.98. The third-order valence-corrected chi connectivity index (χ3v) is 3.94. The van der Waals surface area contributed by atoms with Crippen LogP contribution in [-0.4, -0.2) is 35.5 Å². The van der Waals surface area contributed by atoms with Gasteiger partial charge in [0.2, 0.25) is 0 Å². The number of likely N-dealkylation sites (tertiary alicyclic amines) is 1. The van der Waals surface area contributed by atoms with Crippen molar-refractivity contribution >= 4 is 11.4 Å². The predicted octanol–water partition coefficient (Wildman–Crippen LogP) is 2.75. The standard InChI is InChI=1S/C15H20N4O2/c1-12(18-8-3-2-4-9-18)11-17-14-7-5-6-13(10-16)15(14)19(20)21/h5-7,12,17H,2-4,8-9,11H2,1H3. The molecule has 0 aliphatic carbocycles. The number of benzene rings is 1. The molecule has 1 N–H and O–H groups in total. The Morgan fingerprint density at radius 2 is 2.14 bits per heavy atom. The highest BCUT2D eigenvalue weighted by molar-refractivity contribution is 5.68. The molecule has 6 nitrogen and oxygen atoms in total. The largest absolute Gasteiger partial charge is 0.378 e. The maximum Gasteiger partial charge on any atom is 0.309 e. The summed E-state index contributed by atoms with van der Waals surface area (Å²) in [4.78, 5) is 13.1. The van der Waals surface area contributed by atoms with Gasteiger partial charge in [0.25, 0.3) is 0 Å². The van der Waals surface area contributed by atoms with E-state index < -0.39 is 4.92 Å². The van der Waals surface area contributed by atoms with Crippen molar-refractivity contribution in [3.05, 3.63) is 33.9 Å². The maximum atomic E-state index is 11.2. The molecule has 0 amide bonds. The number of para-hydroxylation sites is 1. The molecule has 2 rings (SSSR count). The Morgan fingerprint density at radius 1 is 1.43 bits per heavy atom. The molecule has 1 aliphatic rings. The lowest BCUT2D eigenvalue weighted by Gasteiger charge is -2.32. The van der Waals surface area contributed by atoms with Gasteiger partial charge in [0.1, 0.15) is 17.3 Å². The fourth-order valence-electron chi connectivity index (χ4n) is 2.72. The summed E-state index contributed by atoms with van der Waals surface area (Å²) in [5, 5.41) is 23.3. The Balaban J connectivity index is 2.06. The number of anilines is 1. The summed E-state index contributed by atoms with van der Waals surface area (Å²) < 4.78 is 0. The minimum absolute atomic E-state index is 0.0932. The van der Waals surface area contributed by atoms with Crippen LogP contribution in [-0.2, 0) is 0 Å². The van der Waals surface area contributed by atoms with Crippen molar-refractivity contribution in [2.45, 2.75) is 32.2 Å². The summed E-state index contributed by atoms with van der Waals surface area (Å²) >= 11 is 0. The van der Waals surface area contributed by atoms with Gasteiger partial charge in [0.15, 0.2) is 0 Å². The molecule has 0 spiro atoms. The molecule has 1 aromatic rings. The highest BCUT2D eigenvalue weighted by atomic mass is 16.6. The molecule has 0 radical (unpaired) electrons. The quantitative estimate of drug-likeness (QED) is 0.665. The van der Waals surface area contributed by atoms with Gasteiger partial charge in [-0.05, 0) is 45.0 Å². The van der Waals surface area contributed by atoms with Crippen molar-refractivity contribution in [2.24, 2.45) is 0 Å². The number of nitriles is 1. The third-order valence-electron chi connectivity index (χ3n) is 3.94. The van der Waals surface area contributed by atoms with Crippen molar-refractivity contribution in [3.63, 3.8) is 0 Å². The molecule has 112 valence electrons. The first-order chi connectivity index (χ1) is 10.1. The Labute approximate surface area is 124 Å². The SMILES string of the molecule is CC(CNc1cccc(C#N)c1[N+](=O)[O-])N1CCCCC1. The number of nitro benzene ring substituents is 1. The van der Waals surface area contributed by atoms with Crippen LogP contribution in [0, 0.1) is 21.4 Å². The maximum absolute atomic E-state index is 11.2. The number of hydrogen-bond acceptors (Lipinski definition) is 5. The molecule has 1 aromatic carbocycles. The average Bonchev–Trinajstić information content (AvgIpc) is 2.52. The molecule has 21 heavy (non-hydrogen) atoms. The normalized spacial score (nSPS) is 17.0. The summed E-state index contributed by atoms with van der Waals surface area (Å²) in [5.74, 6) is 0. The molecule has 1 atom stereocenters. The number of nitro groups is 1. The van der Waals surface area contributed by atoms with E-state index in [9.17, 15) is 10.1 Å². The second kappa shape index (κ2) is 7.04. The first-order valence-corrected chi connectivity index (χ1v) is 7.29. The van der Waals surface area contributed by atoms with Crippen molar-refractivity contribution in [3.8, 4) is 6.07 Å². The lowest BCUT2D eigenvalue weighted by Crippen LogP contribution is -2.41. The first-order valence-electron chi connectivity index (χ1n) is 7.29. The van der Waals surface area contributed by atoms with Gasteiger partial charge in [-0.25, -0.2) is 0 Å². The summed E-state index contributed by atoms with van der Waals surface area (Å²) in [7, 11) is 0. The van der Waals surface area contributed by atoms with Crippen LogP contribution < -0.4 is 5.32 Å². The van der Waals surface area contributed by atoms with Crippen molar-refractivity contribution in [1.29, 1.82) is 5.26 Å². The Hall–Kier alpha value is -2.13. The molecule has 0 aromatic heterocycles. The number of piperidine rings is 1. The number of nitrogens with one attached hydrogen (secondary N) is 1. The van der Waals surface area contributed by atoms with Gasteiger partial charge in [0, 0.05) is 12.6 Å². The van der Waals surface area contributed by atoms with Crippen LogP contribution in [0.2, 0.25) is 0 Å². The first kappa shape index (κ1) is 15.3. The topological polar surface area (TPSA) is 82.2 Å². The van der Waals surface area contributed by atoms with Crippen LogP contribution in [0.3, 0.4) is 0 Å². The molecule has 1 unspecified atom stereocenters. The highest BCUT2D eigenvalue weighted by Crippen LogP contribution is 2.28. The van der Waals surface area contributed by atoms with Crippen molar-refractivity contribution < 1.29 is 4.92 Å². The third kappa shape index (κ3) is 3.70. The zero-order chi connectivity index (χ0) is 15.2. The smallest absolute Gasteiger partial charge is 0.309 e. The Morgan fingerprint density at radius 3 is 2.76 bits per heavy atom. The van der Waals surface area contributed by atoms with E-state index in [1.807, 2.05) is 6.07 Å². The molecule has 6 heteroatoms. The number of nitrogens with zero attached hydrogens (tertiary/aromatic N) is 3. The van der Waals surface area contributed by atoms with Gasteiger partial charge in [-0.3, -0.25) is 15.0 Å². The number of hydrogen-bond donors (Lipinski definition) is 1. The molecule has 0 saturated carbocycles. The van der Waals surface area contributed by atoms with E-state index in [0.29, 0.717) is 18.3 Å². The fourth-order valence-corrected chi connectivity index (χ4v) is 2.72. The van der Waals surface area contributed by atoms with Crippen LogP contribution >= 0.6 is 0 Å². The van der Waals surface area contributed by atoms with Crippen LogP contribution in [0.5, 0.6) is 0 Å². The molecule has 1 heterocycles. The molecular weight excluding hydrogens is 268 g/mol. The van der Waals surface area contributed by atoms with Crippen molar-refractivity contribution in [1.82, 2.24) is 4.90 Å². The second-order valence-electron chi connectivity index (χ2n) is 5.40. The van der Waals surface area contributed by atoms with Gasteiger partial charge >= 0.3 is 5.69 Å². The average molecular weight is 288 g/mol. The zero-order valence-electron chi connectivity index (χ0n) is 12.2. The Kier molecular flexibility index (Phi) is 5.12. The summed E-state index contributed by atoms with van der Waals surface area (Å²) in [6.07, 6.45) is 3.72. The lowest BCUT2D eigenvalue weighted by molar-refractivity contribution is -0.384. The van der Waals surface area contributed by atoms with E-state index >= 15 is 0 Å². The molecule has 1 fully saturated rings. The zero-order valence-corrected chi connectivity index (χ0v) is 12.2. The molecule has 1 saturated heterocycles. The van der Waals surface area contributed by atoms with Gasteiger partial charge in [-0.2, -0.15) is 5.26 Å². The van der Waals surface area contributed by atoms with E-state index in [0.717, 1.165) is 13.1 Å². The predicted molar refractivity (Wildman–Crippen MR) is 81.2 cm³/mol. The van der Waals surface area contributed by atoms with Gasteiger partial charge in [-0.1, -0.05) is 12.5 Å². The highest BCUT2D eigenvalue weighted by Gasteiger charge is 2.21. The summed E-state index contributed by atoms with van der Waals surface area (Å²) in [6.45, 7) is 4.93. The van der Waals surface area contributed by atoms with Crippen LogP contribution in [0.15, 0.2) is 18.2 Å².